The molecule has 0 aromatic heterocycles. The maximum atomic E-state index is 5.90. The van der Waals surface area contributed by atoms with E-state index in [0.717, 1.165) is 30.6 Å². The standard InChI is InChI=1S/C17H25BrN2O/c1-19-15(13-5-7-14(18)8-6-13)9-10-20-11-12-21-17-4-2-3-16(17)20/h5-8,15-17,19H,2-4,9-12H2,1H3. The molecule has 116 valence electrons. The number of benzene rings is 1. The highest BCUT2D eigenvalue weighted by Gasteiger charge is 2.35. The molecule has 3 nitrogen and oxygen atoms in total. The monoisotopic (exact) mass is 352 g/mol. The van der Waals surface area contributed by atoms with Gasteiger partial charge in [0.2, 0.25) is 0 Å². The largest absolute Gasteiger partial charge is 0.375 e. The van der Waals surface area contributed by atoms with Crippen molar-refractivity contribution in [1.29, 1.82) is 0 Å². The molecule has 0 spiro atoms. The minimum atomic E-state index is 0.431. The number of fused-ring (bicyclic) bond motifs is 1. The van der Waals surface area contributed by atoms with Crippen LogP contribution in [-0.4, -0.2) is 43.8 Å². The summed E-state index contributed by atoms with van der Waals surface area (Å²) in [6, 6.07) is 9.77. The molecule has 1 heterocycles. The van der Waals surface area contributed by atoms with E-state index in [2.05, 4.69) is 57.5 Å². The van der Waals surface area contributed by atoms with Gasteiger partial charge in [0.25, 0.3) is 0 Å². The molecule has 4 heteroatoms. The Labute approximate surface area is 136 Å². The van der Waals surface area contributed by atoms with Crippen LogP contribution in [0.1, 0.15) is 37.3 Å². The Morgan fingerprint density at radius 1 is 1.33 bits per heavy atom. The molecule has 1 aromatic rings. The molecule has 1 aliphatic carbocycles. The lowest BCUT2D eigenvalue weighted by molar-refractivity contribution is -0.0563. The molecule has 0 amide bonds. The van der Waals surface area contributed by atoms with Crippen molar-refractivity contribution >= 4 is 15.9 Å². The number of morpholine rings is 1. The molecule has 3 rings (SSSR count). The quantitative estimate of drug-likeness (QED) is 0.879. The van der Waals surface area contributed by atoms with E-state index in [1.165, 1.54) is 24.8 Å². The van der Waals surface area contributed by atoms with Crippen LogP contribution >= 0.6 is 15.9 Å². The van der Waals surface area contributed by atoms with Crippen LogP contribution in [-0.2, 0) is 4.74 Å². The second-order valence-corrected chi connectivity index (χ2v) is 7.04. The fourth-order valence-corrected chi connectivity index (χ4v) is 4.02. The molecular weight excluding hydrogens is 328 g/mol. The van der Waals surface area contributed by atoms with Crippen molar-refractivity contribution in [3.8, 4) is 0 Å². The van der Waals surface area contributed by atoms with Crippen molar-refractivity contribution < 1.29 is 4.74 Å². The lowest BCUT2D eigenvalue weighted by atomic mass is 10.0. The van der Waals surface area contributed by atoms with Crippen molar-refractivity contribution in [3.05, 3.63) is 34.3 Å². The van der Waals surface area contributed by atoms with Gasteiger partial charge in [-0.3, -0.25) is 4.90 Å². The molecule has 0 radical (unpaired) electrons. The van der Waals surface area contributed by atoms with Crippen LogP contribution in [0.3, 0.4) is 0 Å². The molecule has 1 N–H and O–H groups in total. The normalized spacial score (nSPS) is 27.5. The first-order chi connectivity index (χ1) is 10.3. The Morgan fingerprint density at radius 2 is 2.14 bits per heavy atom. The molecule has 0 bridgehead atoms. The van der Waals surface area contributed by atoms with Crippen molar-refractivity contribution in [1.82, 2.24) is 10.2 Å². The van der Waals surface area contributed by atoms with Crippen molar-refractivity contribution in [3.63, 3.8) is 0 Å². The maximum Gasteiger partial charge on any atom is 0.0730 e. The second-order valence-electron chi connectivity index (χ2n) is 6.12. The number of nitrogens with one attached hydrogen (secondary N) is 1. The zero-order valence-electron chi connectivity index (χ0n) is 12.7. The highest BCUT2D eigenvalue weighted by molar-refractivity contribution is 9.10. The summed E-state index contributed by atoms with van der Waals surface area (Å²) in [5.74, 6) is 0. The molecule has 2 fully saturated rings. The first-order valence-electron chi connectivity index (χ1n) is 8.06. The SMILES string of the molecule is CNC(CCN1CCOC2CCCC21)c1ccc(Br)cc1. The van der Waals surface area contributed by atoms with Gasteiger partial charge in [-0.25, -0.2) is 0 Å². The molecule has 3 unspecified atom stereocenters. The van der Waals surface area contributed by atoms with E-state index in [1.807, 2.05) is 0 Å². The number of halogens is 1. The van der Waals surface area contributed by atoms with E-state index in [4.69, 9.17) is 4.74 Å². The van der Waals surface area contributed by atoms with Crippen LogP contribution in [0.2, 0.25) is 0 Å². The Morgan fingerprint density at radius 3 is 2.90 bits per heavy atom. The van der Waals surface area contributed by atoms with E-state index in [0.29, 0.717) is 18.2 Å². The third kappa shape index (κ3) is 3.67. The molecule has 3 atom stereocenters. The van der Waals surface area contributed by atoms with Gasteiger partial charge in [-0.2, -0.15) is 0 Å². The number of nitrogens with zero attached hydrogens (tertiary/aromatic N) is 1. The number of ether oxygens (including phenoxy) is 1. The summed E-state index contributed by atoms with van der Waals surface area (Å²) in [6.45, 7) is 3.16. The van der Waals surface area contributed by atoms with Gasteiger partial charge in [0, 0.05) is 29.6 Å². The third-order valence-corrected chi connectivity index (χ3v) is 5.45. The van der Waals surface area contributed by atoms with E-state index >= 15 is 0 Å². The summed E-state index contributed by atoms with van der Waals surface area (Å²) >= 11 is 3.51. The minimum Gasteiger partial charge on any atom is -0.375 e. The predicted molar refractivity (Wildman–Crippen MR) is 89.5 cm³/mol. The number of hydrogen-bond acceptors (Lipinski definition) is 3. The van der Waals surface area contributed by atoms with E-state index in [-0.39, 0.29) is 0 Å². The summed E-state index contributed by atoms with van der Waals surface area (Å²) in [6.07, 6.45) is 5.55. The lowest BCUT2D eigenvalue weighted by Gasteiger charge is -2.38. The van der Waals surface area contributed by atoms with E-state index in [9.17, 15) is 0 Å². The fourth-order valence-electron chi connectivity index (χ4n) is 3.75. The Bertz CT molecular complexity index is 451. The first kappa shape index (κ1) is 15.5. The zero-order chi connectivity index (χ0) is 14.7. The smallest absolute Gasteiger partial charge is 0.0730 e. The summed E-state index contributed by atoms with van der Waals surface area (Å²) < 4.78 is 7.04. The Hall–Kier alpha value is -0.420. The average molecular weight is 353 g/mol. The zero-order valence-corrected chi connectivity index (χ0v) is 14.3. The summed E-state index contributed by atoms with van der Waals surface area (Å²) in [7, 11) is 2.06. The Balaban J connectivity index is 1.58. The first-order valence-corrected chi connectivity index (χ1v) is 8.85. The molecule has 1 aromatic carbocycles. The van der Waals surface area contributed by atoms with Crippen LogP contribution in [0, 0.1) is 0 Å². The molecule has 1 saturated carbocycles. The third-order valence-electron chi connectivity index (χ3n) is 4.92. The van der Waals surface area contributed by atoms with E-state index < -0.39 is 0 Å². The summed E-state index contributed by atoms with van der Waals surface area (Å²) in [5.41, 5.74) is 1.37. The number of hydrogen-bond donors (Lipinski definition) is 1. The van der Waals surface area contributed by atoms with Gasteiger partial charge in [-0.15, -0.1) is 0 Å². The summed E-state index contributed by atoms with van der Waals surface area (Å²) in [5, 5.41) is 3.46. The maximum absolute atomic E-state index is 5.90. The van der Waals surface area contributed by atoms with E-state index in [1.54, 1.807) is 0 Å². The average Bonchev–Trinajstić information content (AvgIpc) is 2.99. The van der Waals surface area contributed by atoms with Gasteiger partial charge in [0.1, 0.15) is 0 Å². The minimum absolute atomic E-state index is 0.431. The lowest BCUT2D eigenvalue weighted by Crippen LogP contribution is -2.49. The van der Waals surface area contributed by atoms with Gasteiger partial charge in [-0.1, -0.05) is 28.1 Å². The van der Waals surface area contributed by atoms with Crippen LogP contribution < -0.4 is 5.32 Å². The van der Waals surface area contributed by atoms with Crippen LogP contribution in [0.15, 0.2) is 28.7 Å². The van der Waals surface area contributed by atoms with Crippen LogP contribution in [0.4, 0.5) is 0 Å². The fraction of sp³-hybridized carbons (Fsp3) is 0.647. The van der Waals surface area contributed by atoms with Gasteiger partial charge in [0.15, 0.2) is 0 Å². The van der Waals surface area contributed by atoms with Crippen LogP contribution in [0.25, 0.3) is 0 Å². The van der Waals surface area contributed by atoms with Gasteiger partial charge < -0.3 is 10.1 Å². The van der Waals surface area contributed by atoms with Gasteiger partial charge in [-0.05, 0) is 50.4 Å². The Kier molecular flexibility index (Phi) is 5.33. The molecular formula is C17H25BrN2O. The molecule has 2 aliphatic rings. The molecule has 1 aliphatic heterocycles. The van der Waals surface area contributed by atoms with Crippen molar-refractivity contribution in [2.45, 2.75) is 43.9 Å². The van der Waals surface area contributed by atoms with Gasteiger partial charge >= 0.3 is 0 Å². The predicted octanol–water partition coefficient (Wildman–Crippen LogP) is 3.35. The summed E-state index contributed by atoms with van der Waals surface area (Å²) in [4.78, 5) is 2.66. The molecule has 21 heavy (non-hydrogen) atoms. The van der Waals surface area contributed by atoms with Crippen LogP contribution in [0.5, 0.6) is 0 Å². The van der Waals surface area contributed by atoms with Gasteiger partial charge in [0.05, 0.1) is 12.7 Å². The highest BCUT2D eigenvalue weighted by atomic mass is 79.9. The van der Waals surface area contributed by atoms with Crippen molar-refractivity contribution in [2.75, 3.05) is 26.7 Å². The highest BCUT2D eigenvalue weighted by Crippen LogP contribution is 2.30. The topological polar surface area (TPSA) is 24.5 Å². The number of rotatable bonds is 5. The molecule has 1 saturated heterocycles. The second kappa shape index (κ2) is 7.23. The van der Waals surface area contributed by atoms with Crippen molar-refractivity contribution in [2.24, 2.45) is 0 Å².